The fourth-order valence-electron chi connectivity index (χ4n) is 1.70. The highest BCUT2D eigenvalue weighted by Crippen LogP contribution is 2.38. The van der Waals surface area contributed by atoms with E-state index in [1.165, 1.54) is 6.33 Å². The molecule has 1 aromatic heterocycles. The van der Waals surface area contributed by atoms with Crippen molar-refractivity contribution in [2.45, 2.75) is 39.3 Å². The minimum Gasteiger partial charge on any atom is -0.384 e. The minimum absolute atomic E-state index is 0.275. The minimum atomic E-state index is -1.29. The average molecular weight is 237 g/mol. The molecule has 17 heavy (non-hydrogen) atoms. The highest BCUT2D eigenvalue weighted by Gasteiger charge is 2.44. The third-order valence-corrected chi connectivity index (χ3v) is 2.94. The lowest BCUT2D eigenvalue weighted by atomic mass is 9.72. The topological polar surface area (TPSA) is 71.2 Å². The van der Waals surface area contributed by atoms with Crippen molar-refractivity contribution in [3.63, 3.8) is 0 Å². The molecule has 1 heterocycles. The number of hydrogen-bond donors (Lipinski definition) is 2. The first kappa shape index (κ1) is 13.7. The van der Waals surface area contributed by atoms with Gasteiger partial charge >= 0.3 is 0 Å². The molecule has 2 N–H and O–H groups in total. The highest BCUT2D eigenvalue weighted by molar-refractivity contribution is 5.21. The van der Waals surface area contributed by atoms with Crippen molar-refractivity contribution in [3.8, 4) is 11.8 Å². The molecule has 0 amide bonds. The van der Waals surface area contributed by atoms with Gasteiger partial charge in [-0.25, -0.2) is 9.67 Å². The first-order valence-electron chi connectivity index (χ1n) is 5.50. The first-order valence-corrected chi connectivity index (χ1v) is 5.50. The molecule has 0 radical (unpaired) electrons. The van der Waals surface area contributed by atoms with Crippen molar-refractivity contribution in [1.29, 1.82) is 0 Å². The fraction of sp³-hybridized carbons (Fsp3) is 0.667. The van der Waals surface area contributed by atoms with Crippen LogP contribution in [0.25, 0.3) is 0 Å². The molecule has 0 aliphatic rings. The van der Waals surface area contributed by atoms with Gasteiger partial charge in [0.2, 0.25) is 0 Å². The van der Waals surface area contributed by atoms with Crippen LogP contribution in [0, 0.1) is 17.3 Å². The van der Waals surface area contributed by atoms with Crippen LogP contribution < -0.4 is 0 Å². The summed E-state index contributed by atoms with van der Waals surface area (Å²) in [5.74, 6) is 5.27. The predicted molar refractivity (Wildman–Crippen MR) is 64.0 cm³/mol. The van der Waals surface area contributed by atoms with E-state index in [4.69, 9.17) is 5.11 Å². The van der Waals surface area contributed by atoms with Gasteiger partial charge in [-0.15, -0.1) is 0 Å². The quantitative estimate of drug-likeness (QED) is 0.739. The fourth-order valence-corrected chi connectivity index (χ4v) is 1.70. The third kappa shape index (κ3) is 2.65. The van der Waals surface area contributed by atoms with Gasteiger partial charge in [0.1, 0.15) is 19.3 Å². The van der Waals surface area contributed by atoms with E-state index in [0.717, 1.165) is 0 Å². The molecule has 0 saturated carbocycles. The zero-order valence-electron chi connectivity index (χ0n) is 10.7. The normalized spacial score (nSPS) is 16.8. The molecule has 5 heteroatoms. The summed E-state index contributed by atoms with van der Waals surface area (Å²) in [6.45, 7) is 7.24. The van der Waals surface area contributed by atoms with Crippen molar-refractivity contribution < 1.29 is 10.2 Å². The first-order chi connectivity index (χ1) is 7.83. The van der Waals surface area contributed by atoms with E-state index in [-0.39, 0.29) is 12.6 Å². The maximum atomic E-state index is 10.7. The monoisotopic (exact) mass is 237 g/mol. The Kier molecular flexibility index (Phi) is 3.91. The summed E-state index contributed by atoms with van der Waals surface area (Å²) in [6.07, 6.45) is 2.96. The molecule has 0 aliphatic carbocycles. The lowest BCUT2D eigenvalue weighted by Gasteiger charge is -2.40. The number of aliphatic hydroxyl groups excluding tert-OH is 1. The molecule has 0 fully saturated rings. The molecule has 1 rings (SSSR count). The third-order valence-electron chi connectivity index (χ3n) is 2.94. The Hall–Kier alpha value is -1.38. The van der Waals surface area contributed by atoms with Gasteiger partial charge < -0.3 is 10.2 Å². The van der Waals surface area contributed by atoms with Crippen molar-refractivity contribution in [1.82, 2.24) is 14.8 Å². The molecule has 0 spiro atoms. The van der Waals surface area contributed by atoms with Gasteiger partial charge in [0.25, 0.3) is 0 Å². The van der Waals surface area contributed by atoms with Crippen LogP contribution in [0.2, 0.25) is 0 Å². The number of aromatic nitrogens is 3. The Morgan fingerprint density at radius 1 is 1.41 bits per heavy atom. The Morgan fingerprint density at radius 3 is 2.47 bits per heavy atom. The molecule has 2 unspecified atom stereocenters. The predicted octanol–water partition coefficient (Wildman–Crippen LogP) is 0.612. The lowest BCUT2D eigenvalue weighted by molar-refractivity contribution is -0.0465. The van der Waals surface area contributed by atoms with E-state index in [1.807, 2.05) is 27.7 Å². The lowest BCUT2D eigenvalue weighted by Crippen LogP contribution is -2.48. The number of nitrogens with zero attached hydrogens (tertiary/aromatic N) is 3. The molecular weight excluding hydrogens is 218 g/mol. The van der Waals surface area contributed by atoms with E-state index >= 15 is 0 Å². The molecule has 0 aromatic carbocycles. The highest BCUT2D eigenvalue weighted by atomic mass is 16.3. The molecule has 94 valence electrons. The largest absolute Gasteiger partial charge is 0.384 e. The van der Waals surface area contributed by atoms with E-state index < -0.39 is 11.0 Å². The van der Waals surface area contributed by atoms with E-state index in [2.05, 4.69) is 21.9 Å². The van der Waals surface area contributed by atoms with Crippen molar-refractivity contribution in [2.24, 2.45) is 5.41 Å². The summed E-state index contributed by atoms with van der Waals surface area (Å²) >= 11 is 0. The van der Waals surface area contributed by atoms with Gasteiger partial charge in [0.15, 0.2) is 5.60 Å². The average Bonchev–Trinajstić information content (AvgIpc) is 2.76. The van der Waals surface area contributed by atoms with Crippen molar-refractivity contribution >= 4 is 0 Å². The van der Waals surface area contributed by atoms with Crippen LogP contribution in [0.1, 0.15) is 33.7 Å². The Balaban J connectivity index is 3.16. The van der Waals surface area contributed by atoms with Crippen molar-refractivity contribution in [3.05, 3.63) is 12.7 Å². The zero-order chi connectivity index (χ0) is 13.1. The molecule has 0 aliphatic heterocycles. The molecule has 0 saturated heterocycles. The van der Waals surface area contributed by atoms with Crippen LogP contribution in [0.5, 0.6) is 0 Å². The van der Waals surface area contributed by atoms with Gasteiger partial charge in [0.05, 0.1) is 6.04 Å². The molecule has 2 atom stereocenters. The van der Waals surface area contributed by atoms with Gasteiger partial charge in [-0.05, 0) is 6.92 Å². The van der Waals surface area contributed by atoms with Crippen LogP contribution in [-0.2, 0) is 0 Å². The summed E-state index contributed by atoms with van der Waals surface area (Å²) in [5.41, 5.74) is -1.76. The van der Waals surface area contributed by atoms with Crippen LogP contribution in [0.15, 0.2) is 12.7 Å². The van der Waals surface area contributed by atoms with Crippen LogP contribution in [-0.4, -0.2) is 37.2 Å². The zero-order valence-corrected chi connectivity index (χ0v) is 10.7. The summed E-state index contributed by atoms with van der Waals surface area (Å²) in [4.78, 5) is 3.86. The maximum Gasteiger partial charge on any atom is 0.152 e. The smallest absolute Gasteiger partial charge is 0.152 e. The summed E-state index contributed by atoms with van der Waals surface area (Å²) in [6, 6.07) is -0.357. The van der Waals surface area contributed by atoms with Crippen LogP contribution in [0.4, 0.5) is 0 Å². The Morgan fingerprint density at radius 2 is 2.06 bits per heavy atom. The maximum absolute atomic E-state index is 10.7. The summed E-state index contributed by atoms with van der Waals surface area (Å²) in [5, 5.41) is 23.6. The summed E-state index contributed by atoms with van der Waals surface area (Å²) in [7, 11) is 0. The second-order valence-electron chi connectivity index (χ2n) is 5.03. The van der Waals surface area contributed by atoms with Gasteiger partial charge in [-0.1, -0.05) is 32.6 Å². The second-order valence-corrected chi connectivity index (χ2v) is 5.03. The Bertz CT molecular complexity index is 411. The Labute approximate surface area is 101 Å². The van der Waals surface area contributed by atoms with Crippen LogP contribution >= 0.6 is 0 Å². The molecular formula is C12H19N3O2. The van der Waals surface area contributed by atoms with E-state index in [1.54, 1.807) is 11.0 Å². The second kappa shape index (κ2) is 4.86. The van der Waals surface area contributed by atoms with E-state index in [0.29, 0.717) is 0 Å². The van der Waals surface area contributed by atoms with Gasteiger partial charge in [0, 0.05) is 5.41 Å². The molecule has 1 aromatic rings. The van der Waals surface area contributed by atoms with E-state index in [9.17, 15) is 5.11 Å². The summed E-state index contributed by atoms with van der Waals surface area (Å²) < 4.78 is 1.57. The number of rotatable bonds is 2. The molecule has 5 nitrogen and oxygen atoms in total. The molecule has 0 bridgehead atoms. The van der Waals surface area contributed by atoms with Crippen LogP contribution in [0.3, 0.4) is 0 Å². The van der Waals surface area contributed by atoms with Gasteiger partial charge in [-0.3, -0.25) is 0 Å². The standard InChI is InChI=1S/C12H19N3O2/c1-10(15-9-13-8-14-15)12(17,6-5-7-16)11(2,3)4/h8-10,16-17H,7H2,1-4H3. The SMILES string of the molecule is CC(n1cncn1)C(O)(C#CCO)C(C)(C)C. The number of aliphatic hydroxyl groups is 2. The van der Waals surface area contributed by atoms with Gasteiger partial charge in [-0.2, -0.15) is 5.10 Å². The van der Waals surface area contributed by atoms with Crippen molar-refractivity contribution in [2.75, 3.05) is 6.61 Å². The number of hydrogen-bond acceptors (Lipinski definition) is 4.